The average Bonchev–Trinajstić information content (AvgIpc) is 2.48. The molecule has 0 radical (unpaired) electrons. The zero-order valence-electron chi connectivity index (χ0n) is 12.5. The second-order valence-electron chi connectivity index (χ2n) is 6.36. The third-order valence-corrected chi connectivity index (χ3v) is 4.48. The highest BCUT2D eigenvalue weighted by atomic mass is 15.2. The number of rotatable bonds is 3. The van der Waals surface area contributed by atoms with E-state index in [0.717, 1.165) is 32.6 Å². The first-order valence-corrected chi connectivity index (χ1v) is 7.59. The van der Waals surface area contributed by atoms with Gasteiger partial charge in [-0.2, -0.15) is 0 Å². The summed E-state index contributed by atoms with van der Waals surface area (Å²) in [7, 11) is 0. The largest absolute Gasteiger partial charge is 0.314 e. The molecule has 1 N–H and O–H groups in total. The molecule has 1 aliphatic rings. The van der Waals surface area contributed by atoms with Crippen LogP contribution in [0.1, 0.15) is 19.4 Å². The van der Waals surface area contributed by atoms with E-state index < -0.39 is 0 Å². The topological polar surface area (TPSA) is 15.3 Å². The molecule has 0 aliphatic carbocycles. The SMILES string of the molecule is CC(C)(Cc1cccc2ccccc12)N1CCNCC1. The molecule has 2 nitrogen and oxygen atoms in total. The molecule has 20 heavy (non-hydrogen) atoms. The van der Waals surface area contributed by atoms with Crippen LogP contribution >= 0.6 is 0 Å². The van der Waals surface area contributed by atoms with Crippen LogP contribution in [0.3, 0.4) is 0 Å². The molecule has 2 aromatic carbocycles. The summed E-state index contributed by atoms with van der Waals surface area (Å²) in [6, 6.07) is 15.4. The Balaban J connectivity index is 1.88. The molecule has 2 aromatic rings. The molecule has 0 aromatic heterocycles. The number of piperazine rings is 1. The van der Waals surface area contributed by atoms with Crippen molar-refractivity contribution in [3.63, 3.8) is 0 Å². The van der Waals surface area contributed by atoms with E-state index >= 15 is 0 Å². The zero-order chi connectivity index (χ0) is 14.0. The third kappa shape index (κ3) is 2.72. The summed E-state index contributed by atoms with van der Waals surface area (Å²) in [5, 5.41) is 6.19. The summed E-state index contributed by atoms with van der Waals surface area (Å²) in [5.74, 6) is 0. The summed E-state index contributed by atoms with van der Waals surface area (Å²) in [5.41, 5.74) is 1.68. The van der Waals surface area contributed by atoms with Crippen LogP contribution in [0, 0.1) is 0 Å². The lowest BCUT2D eigenvalue weighted by Crippen LogP contribution is -2.54. The van der Waals surface area contributed by atoms with Crippen LogP contribution in [0.15, 0.2) is 42.5 Å². The Hall–Kier alpha value is -1.38. The van der Waals surface area contributed by atoms with Crippen molar-refractivity contribution in [2.45, 2.75) is 25.8 Å². The lowest BCUT2D eigenvalue weighted by molar-refractivity contribution is 0.104. The predicted molar refractivity (Wildman–Crippen MR) is 86.2 cm³/mol. The van der Waals surface area contributed by atoms with Crippen LogP contribution in [0.2, 0.25) is 0 Å². The molecule has 1 fully saturated rings. The van der Waals surface area contributed by atoms with Crippen LogP contribution < -0.4 is 5.32 Å². The Morgan fingerprint density at radius 1 is 1.00 bits per heavy atom. The maximum atomic E-state index is 3.44. The quantitative estimate of drug-likeness (QED) is 0.920. The van der Waals surface area contributed by atoms with Gasteiger partial charge in [-0.15, -0.1) is 0 Å². The van der Waals surface area contributed by atoms with Gasteiger partial charge >= 0.3 is 0 Å². The van der Waals surface area contributed by atoms with Crippen molar-refractivity contribution in [1.29, 1.82) is 0 Å². The van der Waals surface area contributed by atoms with E-state index in [1.807, 2.05) is 0 Å². The molecule has 0 atom stereocenters. The van der Waals surface area contributed by atoms with Gasteiger partial charge in [0.15, 0.2) is 0 Å². The number of hydrogen-bond acceptors (Lipinski definition) is 2. The van der Waals surface area contributed by atoms with Crippen molar-refractivity contribution >= 4 is 10.8 Å². The molecule has 2 heteroatoms. The molecular weight excluding hydrogens is 244 g/mol. The standard InChI is InChI=1S/C18H24N2/c1-18(2,20-12-10-19-11-13-20)14-16-8-5-7-15-6-3-4-9-17(15)16/h3-9,19H,10-14H2,1-2H3. The maximum Gasteiger partial charge on any atom is 0.0194 e. The van der Waals surface area contributed by atoms with E-state index in [1.54, 1.807) is 0 Å². The Labute approximate surface area is 121 Å². The van der Waals surface area contributed by atoms with E-state index in [1.165, 1.54) is 16.3 Å². The van der Waals surface area contributed by atoms with E-state index in [-0.39, 0.29) is 5.54 Å². The highest BCUT2D eigenvalue weighted by molar-refractivity contribution is 5.85. The van der Waals surface area contributed by atoms with E-state index in [0.29, 0.717) is 0 Å². The molecule has 1 aliphatic heterocycles. The third-order valence-electron chi connectivity index (χ3n) is 4.48. The van der Waals surface area contributed by atoms with Gasteiger partial charge in [-0.3, -0.25) is 4.90 Å². The van der Waals surface area contributed by atoms with Crippen LogP contribution in [-0.4, -0.2) is 36.6 Å². The van der Waals surface area contributed by atoms with Gasteiger partial charge in [0.2, 0.25) is 0 Å². The summed E-state index contributed by atoms with van der Waals surface area (Å²) >= 11 is 0. The van der Waals surface area contributed by atoms with Gasteiger partial charge in [-0.05, 0) is 36.6 Å². The minimum atomic E-state index is 0.215. The fourth-order valence-corrected chi connectivity index (χ4v) is 3.29. The average molecular weight is 268 g/mol. The van der Waals surface area contributed by atoms with Gasteiger partial charge in [0.1, 0.15) is 0 Å². The monoisotopic (exact) mass is 268 g/mol. The Bertz CT molecular complexity index is 577. The lowest BCUT2D eigenvalue weighted by atomic mass is 9.89. The van der Waals surface area contributed by atoms with Crippen LogP contribution in [0.25, 0.3) is 10.8 Å². The minimum absolute atomic E-state index is 0.215. The van der Waals surface area contributed by atoms with Gasteiger partial charge in [0.25, 0.3) is 0 Å². The minimum Gasteiger partial charge on any atom is -0.314 e. The molecule has 1 heterocycles. The van der Waals surface area contributed by atoms with Crippen LogP contribution in [0.5, 0.6) is 0 Å². The molecular formula is C18H24N2. The summed E-state index contributed by atoms with van der Waals surface area (Å²) < 4.78 is 0. The van der Waals surface area contributed by atoms with Crippen LogP contribution in [0.4, 0.5) is 0 Å². The molecule has 106 valence electrons. The summed E-state index contributed by atoms with van der Waals surface area (Å²) in [6.07, 6.45) is 1.11. The number of benzene rings is 2. The Kier molecular flexibility index (Phi) is 3.77. The zero-order valence-corrected chi connectivity index (χ0v) is 12.5. The Morgan fingerprint density at radius 2 is 1.70 bits per heavy atom. The molecule has 1 saturated heterocycles. The highest BCUT2D eigenvalue weighted by Crippen LogP contribution is 2.26. The first-order valence-electron chi connectivity index (χ1n) is 7.59. The summed E-state index contributed by atoms with van der Waals surface area (Å²) in [4.78, 5) is 2.62. The summed E-state index contributed by atoms with van der Waals surface area (Å²) in [6.45, 7) is 9.27. The number of hydrogen-bond donors (Lipinski definition) is 1. The van der Waals surface area contributed by atoms with Crippen LogP contribution in [-0.2, 0) is 6.42 Å². The van der Waals surface area contributed by atoms with Crippen molar-refractivity contribution in [3.8, 4) is 0 Å². The predicted octanol–water partition coefficient (Wildman–Crippen LogP) is 3.07. The first kappa shape index (κ1) is 13.6. The first-order chi connectivity index (χ1) is 9.67. The molecule has 0 unspecified atom stereocenters. The van der Waals surface area contributed by atoms with Crippen molar-refractivity contribution in [1.82, 2.24) is 10.2 Å². The van der Waals surface area contributed by atoms with Crippen molar-refractivity contribution in [2.75, 3.05) is 26.2 Å². The molecule has 0 saturated carbocycles. The number of fused-ring (bicyclic) bond motifs is 1. The van der Waals surface area contributed by atoms with E-state index in [2.05, 4.69) is 66.5 Å². The second-order valence-corrected chi connectivity index (χ2v) is 6.36. The lowest BCUT2D eigenvalue weighted by Gasteiger charge is -2.41. The second kappa shape index (κ2) is 5.55. The van der Waals surface area contributed by atoms with Crippen molar-refractivity contribution in [3.05, 3.63) is 48.0 Å². The fraction of sp³-hybridized carbons (Fsp3) is 0.444. The van der Waals surface area contributed by atoms with Crippen molar-refractivity contribution < 1.29 is 0 Å². The maximum absolute atomic E-state index is 3.44. The van der Waals surface area contributed by atoms with E-state index in [4.69, 9.17) is 0 Å². The van der Waals surface area contributed by atoms with Gasteiger partial charge < -0.3 is 5.32 Å². The van der Waals surface area contributed by atoms with E-state index in [9.17, 15) is 0 Å². The van der Waals surface area contributed by atoms with Gasteiger partial charge in [-0.1, -0.05) is 42.5 Å². The molecule has 0 spiro atoms. The highest BCUT2D eigenvalue weighted by Gasteiger charge is 2.28. The number of nitrogens with one attached hydrogen (secondary N) is 1. The normalized spacial score (nSPS) is 17.5. The Morgan fingerprint density at radius 3 is 2.50 bits per heavy atom. The molecule has 3 rings (SSSR count). The van der Waals surface area contributed by atoms with Gasteiger partial charge in [0.05, 0.1) is 0 Å². The smallest absolute Gasteiger partial charge is 0.0194 e. The molecule has 0 bridgehead atoms. The van der Waals surface area contributed by atoms with Crippen molar-refractivity contribution in [2.24, 2.45) is 0 Å². The van der Waals surface area contributed by atoms with Gasteiger partial charge in [-0.25, -0.2) is 0 Å². The van der Waals surface area contributed by atoms with Gasteiger partial charge in [0, 0.05) is 31.7 Å². The molecule has 0 amide bonds. The number of nitrogens with zero attached hydrogens (tertiary/aromatic N) is 1. The fourth-order valence-electron chi connectivity index (χ4n) is 3.29.